The van der Waals surface area contributed by atoms with Crippen LogP contribution in [0.3, 0.4) is 0 Å². The van der Waals surface area contributed by atoms with Gasteiger partial charge in [-0.25, -0.2) is 18.0 Å². The molecule has 1 unspecified atom stereocenters. The van der Waals surface area contributed by atoms with Crippen molar-refractivity contribution in [3.63, 3.8) is 0 Å². The number of fused-ring (bicyclic) bond motifs is 3. The SMILES string of the molecule is NC(=O)NCCC[C@H](NC(=O)OCC1c2ccccc2-c2ccccc21)C(=O)Nc1ccc(C(OC=O)Oc2ccc([N+](=O)[O-])cc2)c(S(=O)(=O)[O-])c1.[Na+]. The number of ether oxygens (including phenoxy) is 3. The van der Waals surface area contributed by atoms with Crippen molar-refractivity contribution in [2.75, 3.05) is 18.5 Å². The number of rotatable bonds is 16. The summed E-state index contributed by atoms with van der Waals surface area (Å²) in [5.41, 5.74) is 8.22. The fraction of sp³-hybridized carbons (Fsp3) is 0.200. The first kappa shape index (κ1) is 41.2. The second-order valence-corrected chi connectivity index (χ2v) is 12.9. The maximum Gasteiger partial charge on any atom is 1.00 e. The van der Waals surface area contributed by atoms with Gasteiger partial charge in [-0.05, 0) is 65.4 Å². The summed E-state index contributed by atoms with van der Waals surface area (Å²) in [7, 11) is -5.30. The number of nitrogens with one attached hydrogen (secondary N) is 3. The predicted octanol–water partition coefficient (Wildman–Crippen LogP) is 1.05. The molecule has 0 aliphatic heterocycles. The molecule has 0 heterocycles. The summed E-state index contributed by atoms with van der Waals surface area (Å²) in [6.07, 6.45) is -2.57. The van der Waals surface area contributed by atoms with Crippen LogP contribution in [0.25, 0.3) is 11.1 Å². The number of amides is 4. The summed E-state index contributed by atoms with van der Waals surface area (Å²) >= 11 is 0. The molecule has 0 spiro atoms. The largest absolute Gasteiger partial charge is 1.00 e. The minimum Gasteiger partial charge on any atom is -0.744 e. The molecule has 5 N–H and O–H groups in total. The Labute approximate surface area is 330 Å². The van der Waals surface area contributed by atoms with Crippen LogP contribution in [-0.4, -0.2) is 61.6 Å². The van der Waals surface area contributed by atoms with Crippen molar-refractivity contribution in [3.8, 4) is 16.9 Å². The van der Waals surface area contributed by atoms with Crippen LogP contribution in [0.2, 0.25) is 0 Å². The van der Waals surface area contributed by atoms with E-state index in [0.29, 0.717) is 0 Å². The summed E-state index contributed by atoms with van der Waals surface area (Å²) in [5.74, 6) is -1.16. The molecule has 0 fully saturated rings. The van der Waals surface area contributed by atoms with Crippen LogP contribution in [0.1, 0.15) is 41.7 Å². The minimum atomic E-state index is -5.30. The summed E-state index contributed by atoms with van der Waals surface area (Å²) in [6.45, 7) is -0.0408. The van der Waals surface area contributed by atoms with E-state index in [1.165, 1.54) is 18.2 Å². The number of carbonyl (C=O) groups is 4. The van der Waals surface area contributed by atoms with Gasteiger partial charge in [0.05, 0.1) is 15.4 Å². The van der Waals surface area contributed by atoms with Gasteiger partial charge in [0, 0.05) is 30.3 Å². The Morgan fingerprint density at radius 3 is 2.15 bits per heavy atom. The molecule has 276 valence electrons. The molecule has 0 aromatic heterocycles. The van der Waals surface area contributed by atoms with Crippen LogP contribution in [0.5, 0.6) is 5.75 Å². The molecule has 2 atom stereocenters. The molecule has 19 heteroatoms. The molecule has 0 radical (unpaired) electrons. The topological polar surface area (TPSA) is 258 Å². The summed E-state index contributed by atoms with van der Waals surface area (Å²) in [5, 5.41) is 18.3. The number of alkyl carbamates (subject to hydrolysis) is 1. The molecule has 0 bridgehead atoms. The van der Waals surface area contributed by atoms with Crippen molar-refractivity contribution >= 4 is 46.0 Å². The zero-order chi connectivity index (χ0) is 38.1. The van der Waals surface area contributed by atoms with E-state index in [1.54, 1.807) is 0 Å². The van der Waals surface area contributed by atoms with Gasteiger partial charge in [0.25, 0.3) is 18.4 Å². The standard InChI is InChI=1S/C35H33N5O12S.Na/c36-34(43)37-17-5-10-30(39-35(44)50-19-29-26-8-3-1-6-24(26)25-7-2-4-9-27(25)29)32(42)38-21-11-16-28(31(18-21)53(47,48)49)33(51-20-41)52-23-14-12-22(13-15-23)40(45)46;/h1-4,6-9,11-16,18,20,29-30,33H,5,10,17,19H2,(H,38,42)(H,39,44)(H3,36,37,43)(H,47,48,49);/q;+1/p-1/t30-,33?;/m0./s1. The van der Waals surface area contributed by atoms with Crippen molar-refractivity contribution in [1.29, 1.82) is 0 Å². The van der Waals surface area contributed by atoms with Gasteiger partial charge in [-0.3, -0.25) is 19.7 Å². The van der Waals surface area contributed by atoms with E-state index >= 15 is 0 Å². The first-order valence-electron chi connectivity index (χ1n) is 15.9. The summed E-state index contributed by atoms with van der Waals surface area (Å²) < 4.78 is 53.1. The Morgan fingerprint density at radius 2 is 1.57 bits per heavy atom. The van der Waals surface area contributed by atoms with E-state index in [0.717, 1.165) is 46.5 Å². The minimum absolute atomic E-state index is 0. The fourth-order valence-electron chi connectivity index (χ4n) is 5.81. The number of anilines is 1. The van der Waals surface area contributed by atoms with Gasteiger partial charge in [0.2, 0.25) is 5.91 Å². The predicted molar refractivity (Wildman–Crippen MR) is 185 cm³/mol. The maximum atomic E-state index is 13.5. The molecule has 1 aliphatic carbocycles. The van der Waals surface area contributed by atoms with E-state index in [1.807, 2.05) is 48.5 Å². The summed E-state index contributed by atoms with van der Waals surface area (Å²) in [4.78, 5) is 58.4. The zero-order valence-electron chi connectivity index (χ0n) is 28.6. The van der Waals surface area contributed by atoms with Crippen molar-refractivity contribution in [1.82, 2.24) is 10.6 Å². The van der Waals surface area contributed by atoms with E-state index in [9.17, 15) is 42.3 Å². The van der Waals surface area contributed by atoms with E-state index in [2.05, 4.69) is 16.0 Å². The number of primary amides is 1. The average molecular weight is 770 g/mol. The van der Waals surface area contributed by atoms with Crippen molar-refractivity contribution in [3.05, 3.63) is 118 Å². The first-order valence-corrected chi connectivity index (χ1v) is 17.3. The van der Waals surface area contributed by atoms with Crippen LogP contribution in [0, 0.1) is 10.1 Å². The fourth-order valence-corrected chi connectivity index (χ4v) is 6.53. The molecule has 4 aromatic rings. The second-order valence-electron chi connectivity index (χ2n) is 11.6. The summed E-state index contributed by atoms with van der Waals surface area (Å²) in [6, 6.07) is 21.0. The van der Waals surface area contributed by atoms with Gasteiger partial charge >= 0.3 is 41.7 Å². The Morgan fingerprint density at radius 1 is 0.944 bits per heavy atom. The number of hydrogen-bond donors (Lipinski definition) is 4. The molecular formula is C35H32N5NaO12S. The van der Waals surface area contributed by atoms with Crippen LogP contribution in [-0.2, 0) is 29.2 Å². The molecule has 4 amide bonds. The molecular weight excluding hydrogens is 737 g/mol. The number of non-ortho nitro benzene ring substituents is 1. The third kappa shape index (κ3) is 10.3. The van der Waals surface area contributed by atoms with Gasteiger partial charge in [-0.1, -0.05) is 48.5 Å². The molecule has 0 saturated carbocycles. The Hall–Kier alpha value is -5.53. The van der Waals surface area contributed by atoms with Gasteiger partial charge in [0.1, 0.15) is 28.5 Å². The van der Waals surface area contributed by atoms with Gasteiger partial charge in [0.15, 0.2) is 0 Å². The van der Waals surface area contributed by atoms with E-state index in [4.69, 9.17) is 19.9 Å². The number of carbonyl (C=O) groups excluding carboxylic acids is 4. The maximum absolute atomic E-state index is 13.5. The van der Waals surface area contributed by atoms with Gasteiger partial charge < -0.3 is 40.4 Å². The number of urea groups is 1. The van der Waals surface area contributed by atoms with Crippen molar-refractivity contribution in [2.24, 2.45) is 5.73 Å². The van der Waals surface area contributed by atoms with Crippen molar-refractivity contribution in [2.45, 2.75) is 36.0 Å². The second kappa shape index (κ2) is 18.5. The van der Waals surface area contributed by atoms with Crippen LogP contribution in [0.15, 0.2) is 95.9 Å². The molecule has 0 saturated heterocycles. The average Bonchev–Trinajstić information content (AvgIpc) is 3.45. The smallest absolute Gasteiger partial charge is 0.744 e. The normalized spacial score (nSPS) is 12.8. The van der Waals surface area contributed by atoms with Crippen molar-refractivity contribution < 1.29 is 80.8 Å². The Kier molecular flexibility index (Phi) is 14.1. The zero-order valence-corrected chi connectivity index (χ0v) is 31.4. The molecule has 1 aliphatic rings. The molecule has 4 aromatic carbocycles. The monoisotopic (exact) mass is 769 g/mol. The molecule has 5 rings (SSSR count). The number of nitrogens with two attached hydrogens (primary N) is 1. The quantitative estimate of drug-likeness (QED) is 0.0237. The Balaban J connectivity index is 0.00000650. The van der Waals surface area contributed by atoms with Gasteiger partial charge in [-0.2, -0.15) is 0 Å². The van der Waals surface area contributed by atoms with Crippen LogP contribution < -0.4 is 56.0 Å². The number of nitrogens with zero attached hydrogens (tertiary/aromatic N) is 1. The third-order valence-electron chi connectivity index (χ3n) is 8.20. The number of nitro groups is 1. The number of nitro benzene ring substituents is 1. The van der Waals surface area contributed by atoms with E-state index in [-0.39, 0.29) is 85.1 Å². The number of benzene rings is 4. The molecule has 17 nitrogen and oxygen atoms in total. The number of hydrogen-bond acceptors (Lipinski definition) is 12. The van der Waals surface area contributed by atoms with Gasteiger partial charge in [-0.15, -0.1) is 0 Å². The van der Waals surface area contributed by atoms with Crippen LogP contribution >= 0.6 is 0 Å². The first-order chi connectivity index (χ1) is 25.3. The third-order valence-corrected chi connectivity index (χ3v) is 9.09. The van der Waals surface area contributed by atoms with E-state index < -0.39 is 55.9 Å². The molecule has 54 heavy (non-hydrogen) atoms. The Bertz CT molecular complexity index is 2090. The van der Waals surface area contributed by atoms with Crippen LogP contribution in [0.4, 0.5) is 21.0 Å².